The fourth-order valence-electron chi connectivity index (χ4n) is 3.01. The monoisotopic (exact) mass is 321 g/mol. The highest BCUT2D eigenvalue weighted by molar-refractivity contribution is 5.47. The molecule has 23 heavy (non-hydrogen) atoms. The van der Waals surface area contributed by atoms with Crippen molar-refractivity contribution in [1.82, 2.24) is 4.98 Å². The minimum atomic E-state index is -0.470. The summed E-state index contributed by atoms with van der Waals surface area (Å²) in [5.74, 6) is 0.307. The molecule has 0 saturated carbocycles. The number of pyridine rings is 1. The second-order valence-electron chi connectivity index (χ2n) is 7.17. The first kappa shape index (κ1) is 16.1. The molecule has 0 aromatic carbocycles. The van der Waals surface area contributed by atoms with Crippen molar-refractivity contribution in [3.05, 3.63) is 27.9 Å². The van der Waals surface area contributed by atoms with Crippen molar-refractivity contribution < 1.29 is 14.4 Å². The van der Waals surface area contributed by atoms with Gasteiger partial charge in [-0.25, -0.2) is 4.98 Å². The van der Waals surface area contributed by atoms with Gasteiger partial charge in [0.05, 0.1) is 18.1 Å². The SMILES string of the molecule is Cc1nc(N2CCC3(CC2)OCC(C)(C)CO3)ccc1[N+](=O)[O-]. The Bertz CT molecular complexity index is 597. The van der Waals surface area contributed by atoms with Crippen molar-refractivity contribution in [2.75, 3.05) is 31.2 Å². The summed E-state index contributed by atoms with van der Waals surface area (Å²) in [7, 11) is 0. The summed E-state index contributed by atoms with van der Waals surface area (Å²) >= 11 is 0. The molecule has 3 rings (SSSR count). The molecule has 0 atom stereocenters. The molecule has 0 amide bonds. The number of anilines is 1. The van der Waals surface area contributed by atoms with Gasteiger partial charge in [-0.05, 0) is 13.0 Å². The van der Waals surface area contributed by atoms with Gasteiger partial charge in [0.2, 0.25) is 0 Å². The molecule has 7 nitrogen and oxygen atoms in total. The van der Waals surface area contributed by atoms with E-state index in [-0.39, 0.29) is 11.1 Å². The summed E-state index contributed by atoms with van der Waals surface area (Å²) in [4.78, 5) is 17.0. The first-order valence-corrected chi connectivity index (χ1v) is 7.95. The lowest BCUT2D eigenvalue weighted by Crippen LogP contribution is -2.53. The van der Waals surface area contributed by atoms with E-state index in [1.807, 2.05) is 0 Å². The first-order valence-electron chi connectivity index (χ1n) is 7.95. The van der Waals surface area contributed by atoms with E-state index in [1.54, 1.807) is 13.0 Å². The van der Waals surface area contributed by atoms with Crippen molar-refractivity contribution in [2.24, 2.45) is 5.41 Å². The Labute approximate surface area is 135 Å². The van der Waals surface area contributed by atoms with Crippen LogP contribution >= 0.6 is 0 Å². The lowest BCUT2D eigenvalue weighted by Gasteiger charge is -2.47. The molecule has 1 spiro atoms. The van der Waals surface area contributed by atoms with Crippen LogP contribution in [0.3, 0.4) is 0 Å². The van der Waals surface area contributed by atoms with E-state index in [4.69, 9.17) is 9.47 Å². The Morgan fingerprint density at radius 1 is 1.22 bits per heavy atom. The highest BCUT2D eigenvalue weighted by Crippen LogP contribution is 2.37. The number of aromatic nitrogens is 1. The molecule has 0 bridgehead atoms. The lowest BCUT2D eigenvalue weighted by molar-refractivity contribution is -0.385. The molecule has 2 aliphatic rings. The molecule has 7 heteroatoms. The Hall–Kier alpha value is -1.73. The molecular weight excluding hydrogens is 298 g/mol. The quantitative estimate of drug-likeness (QED) is 0.615. The third kappa shape index (κ3) is 3.30. The van der Waals surface area contributed by atoms with Crippen LogP contribution in [0.4, 0.5) is 11.5 Å². The van der Waals surface area contributed by atoms with Crippen LogP contribution in [0.25, 0.3) is 0 Å². The Kier molecular flexibility index (Phi) is 4.01. The number of rotatable bonds is 2. The summed E-state index contributed by atoms with van der Waals surface area (Å²) in [5, 5.41) is 10.9. The maximum Gasteiger partial charge on any atom is 0.290 e. The number of hydrogen-bond acceptors (Lipinski definition) is 6. The van der Waals surface area contributed by atoms with Gasteiger partial charge < -0.3 is 14.4 Å². The fourth-order valence-corrected chi connectivity index (χ4v) is 3.01. The molecule has 1 aromatic heterocycles. The number of nitrogens with zero attached hydrogens (tertiary/aromatic N) is 3. The molecule has 1 aromatic rings. The van der Waals surface area contributed by atoms with Gasteiger partial charge in [0, 0.05) is 37.4 Å². The summed E-state index contributed by atoms with van der Waals surface area (Å²) in [6.45, 7) is 8.90. The van der Waals surface area contributed by atoms with Crippen LogP contribution in [-0.4, -0.2) is 42.0 Å². The van der Waals surface area contributed by atoms with Gasteiger partial charge >= 0.3 is 0 Å². The van der Waals surface area contributed by atoms with Gasteiger partial charge in [-0.1, -0.05) is 13.8 Å². The van der Waals surface area contributed by atoms with Gasteiger partial charge in [-0.2, -0.15) is 0 Å². The number of piperidine rings is 1. The Morgan fingerprint density at radius 3 is 2.35 bits per heavy atom. The number of ether oxygens (including phenoxy) is 2. The molecule has 3 heterocycles. The minimum absolute atomic E-state index is 0.0587. The predicted molar refractivity (Wildman–Crippen MR) is 85.5 cm³/mol. The molecule has 0 aliphatic carbocycles. The highest BCUT2D eigenvalue weighted by atomic mass is 16.7. The normalized spacial score (nSPS) is 23.0. The number of aryl methyl sites for hydroxylation is 1. The molecule has 0 N–H and O–H groups in total. The molecule has 2 fully saturated rings. The van der Waals surface area contributed by atoms with Gasteiger partial charge in [0.25, 0.3) is 5.69 Å². The van der Waals surface area contributed by atoms with E-state index in [0.29, 0.717) is 18.9 Å². The van der Waals surface area contributed by atoms with Crippen LogP contribution < -0.4 is 4.90 Å². The largest absolute Gasteiger partial charge is 0.356 e. The molecule has 126 valence electrons. The van der Waals surface area contributed by atoms with Crippen LogP contribution in [0.15, 0.2) is 12.1 Å². The van der Waals surface area contributed by atoms with Crippen LogP contribution in [-0.2, 0) is 9.47 Å². The van der Waals surface area contributed by atoms with E-state index >= 15 is 0 Å². The summed E-state index contributed by atoms with van der Waals surface area (Å²) in [5.41, 5.74) is 0.572. The van der Waals surface area contributed by atoms with E-state index in [1.165, 1.54) is 6.07 Å². The fraction of sp³-hybridized carbons (Fsp3) is 0.688. The lowest BCUT2D eigenvalue weighted by atomic mass is 9.92. The standard InChI is InChI=1S/C16H23N3O4/c1-12-13(19(20)21)4-5-14(17-12)18-8-6-16(7-9-18)22-10-15(2,3)11-23-16/h4-5H,6-11H2,1-3H3. The smallest absolute Gasteiger partial charge is 0.290 e. The van der Waals surface area contributed by atoms with Crippen molar-refractivity contribution in [3.8, 4) is 0 Å². The zero-order valence-electron chi connectivity index (χ0n) is 13.9. The highest BCUT2D eigenvalue weighted by Gasteiger charge is 2.43. The van der Waals surface area contributed by atoms with E-state index in [9.17, 15) is 10.1 Å². The van der Waals surface area contributed by atoms with Crippen molar-refractivity contribution >= 4 is 11.5 Å². The number of hydrogen-bond donors (Lipinski definition) is 0. The van der Waals surface area contributed by atoms with Crippen LogP contribution in [0.1, 0.15) is 32.4 Å². The summed E-state index contributed by atoms with van der Waals surface area (Å²) in [6, 6.07) is 3.24. The average Bonchev–Trinajstić information content (AvgIpc) is 2.51. The van der Waals surface area contributed by atoms with Gasteiger partial charge in [0.1, 0.15) is 11.5 Å². The van der Waals surface area contributed by atoms with Gasteiger partial charge in [0.15, 0.2) is 5.79 Å². The molecule has 0 radical (unpaired) electrons. The first-order chi connectivity index (χ1) is 10.8. The summed E-state index contributed by atoms with van der Waals surface area (Å²) < 4.78 is 12.0. The second kappa shape index (κ2) is 5.72. The van der Waals surface area contributed by atoms with Crippen molar-refractivity contribution in [3.63, 3.8) is 0 Å². The van der Waals surface area contributed by atoms with Crippen LogP contribution in [0.5, 0.6) is 0 Å². The van der Waals surface area contributed by atoms with Crippen molar-refractivity contribution in [2.45, 2.75) is 39.4 Å². The molecule has 2 saturated heterocycles. The number of nitro groups is 1. The third-order valence-electron chi connectivity index (χ3n) is 4.54. The predicted octanol–water partition coefficient (Wildman–Crippen LogP) is 2.67. The maximum absolute atomic E-state index is 10.9. The Morgan fingerprint density at radius 2 is 1.83 bits per heavy atom. The van der Waals surface area contributed by atoms with E-state index < -0.39 is 10.7 Å². The third-order valence-corrected chi connectivity index (χ3v) is 4.54. The maximum atomic E-state index is 10.9. The molecule has 0 unspecified atom stereocenters. The minimum Gasteiger partial charge on any atom is -0.356 e. The summed E-state index contributed by atoms with van der Waals surface area (Å²) in [6.07, 6.45) is 1.56. The zero-order valence-corrected chi connectivity index (χ0v) is 13.9. The van der Waals surface area contributed by atoms with Crippen LogP contribution in [0, 0.1) is 22.5 Å². The van der Waals surface area contributed by atoms with E-state index in [0.717, 1.165) is 31.7 Å². The van der Waals surface area contributed by atoms with E-state index in [2.05, 4.69) is 23.7 Å². The molecule has 2 aliphatic heterocycles. The molecular formula is C16H23N3O4. The van der Waals surface area contributed by atoms with Crippen molar-refractivity contribution in [1.29, 1.82) is 0 Å². The second-order valence-corrected chi connectivity index (χ2v) is 7.17. The zero-order chi connectivity index (χ0) is 16.7. The Balaban J connectivity index is 1.65. The average molecular weight is 321 g/mol. The van der Waals surface area contributed by atoms with Gasteiger partial charge in [-0.15, -0.1) is 0 Å². The van der Waals surface area contributed by atoms with Crippen LogP contribution in [0.2, 0.25) is 0 Å². The topological polar surface area (TPSA) is 77.7 Å². The van der Waals surface area contributed by atoms with Gasteiger partial charge in [-0.3, -0.25) is 10.1 Å².